The Morgan fingerprint density at radius 2 is 2.36 bits per heavy atom. The summed E-state index contributed by atoms with van der Waals surface area (Å²) in [4.78, 5) is 10.9. The minimum atomic E-state index is -0.901. The van der Waals surface area contributed by atoms with Crippen LogP contribution in [0.15, 0.2) is 0 Å². The van der Waals surface area contributed by atoms with Crippen LogP contribution in [0, 0.1) is 0 Å². The smallest absolute Gasteiger partial charge is 0.349 e. The summed E-state index contributed by atoms with van der Waals surface area (Å²) in [5.74, 6) is -0.526. The molecule has 0 spiro atoms. The second kappa shape index (κ2) is 2.27. The quantitative estimate of drug-likeness (QED) is 0.722. The molecule has 1 aromatic heterocycles. The number of aromatic carboxylic acids is 1. The largest absolute Gasteiger partial charge is 0.477 e. The summed E-state index contributed by atoms with van der Waals surface area (Å²) in [7, 11) is 0. The lowest BCUT2D eigenvalue weighted by Crippen LogP contribution is -1.97. The minimum absolute atomic E-state index is 0.313. The van der Waals surface area contributed by atoms with Crippen molar-refractivity contribution in [3.05, 3.63) is 10.6 Å². The first-order chi connectivity index (χ1) is 5.29. The molecule has 0 atom stereocenters. The Morgan fingerprint density at radius 3 is 2.91 bits per heavy atom. The molecule has 1 heterocycles. The molecule has 11 heavy (non-hydrogen) atoms. The Labute approximate surface area is 67.0 Å². The highest BCUT2D eigenvalue weighted by molar-refractivity contribution is 7.07. The van der Waals surface area contributed by atoms with Gasteiger partial charge in [0.05, 0.1) is 5.69 Å². The van der Waals surface area contributed by atoms with Crippen molar-refractivity contribution >= 4 is 17.5 Å². The molecule has 0 unspecified atom stereocenters. The van der Waals surface area contributed by atoms with Crippen LogP contribution in [0.2, 0.25) is 0 Å². The molecule has 1 saturated carbocycles. The van der Waals surface area contributed by atoms with Gasteiger partial charge in [0.25, 0.3) is 0 Å². The molecule has 1 aromatic rings. The Balaban J connectivity index is 2.37. The average molecular weight is 170 g/mol. The normalized spacial score (nSPS) is 16.7. The molecule has 0 radical (unpaired) electrons. The van der Waals surface area contributed by atoms with Crippen LogP contribution >= 0.6 is 11.5 Å². The highest BCUT2D eigenvalue weighted by Gasteiger charge is 2.31. The Bertz CT molecular complexity index is 293. The summed E-state index contributed by atoms with van der Waals surface area (Å²) >= 11 is 0.965. The maximum atomic E-state index is 10.5. The molecule has 0 saturated heterocycles. The van der Waals surface area contributed by atoms with E-state index in [-0.39, 0.29) is 0 Å². The third kappa shape index (κ3) is 1.11. The first-order valence-corrected chi connectivity index (χ1v) is 4.12. The van der Waals surface area contributed by atoms with Gasteiger partial charge in [0.15, 0.2) is 4.88 Å². The third-order valence-corrected chi connectivity index (χ3v) is 2.40. The highest BCUT2D eigenvalue weighted by atomic mass is 32.1. The van der Waals surface area contributed by atoms with Gasteiger partial charge in [-0.05, 0) is 24.4 Å². The van der Waals surface area contributed by atoms with Crippen LogP contribution < -0.4 is 0 Å². The zero-order valence-corrected chi connectivity index (χ0v) is 6.47. The summed E-state index contributed by atoms with van der Waals surface area (Å²) in [5.41, 5.74) is 0.683. The van der Waals surface area contributed by atoms with E-state index in [0.717, 1.165) is 24.4 Å². The Hall–Kier alpha value is -0.970. The summed E-state index contributed by atoms with van der Waals surface area (Å²) in [5, 5.41) is 12.4. The number of rotatable bonds is 2. The number of carboxylic acid groups (broad SMARTS) is 1. The van der Waals surface area contributed by atoms with Crippen LogP contribution in [-0.4, -0.2) is 20.7 Å². The first kappa shape index (κ1) is 6.72. The summed E-state index contributed by atoms with van der Waals surface area (Å²) in [6.07, 6.45) is 2.12. The second-order valence-electron chi connectivity index (χ2n) is 2.57. The zero-order valence-electron chi connectivity index (χ0n) is 5.65. The maximum absolute atomic E-state index is 10.5. The Kier molecular flexibility index (Phi) is 1.38. The lowest BCUT2D eigenvalue weighted by Gasteiger charge is -1.89. The molecule has 1 N–H and O–H groups in total. The van der Waals surface area contributed by atoms with E-state index in [0.29, 0.717) is 16.5 Å². The van der Waals surface area contributed by atoms with Crippen molar-refractivity contribution in [1.82, 2.24) is 9.59 Å². The van der Waals surface area contributed by atoms with Gasteiger partial charge >= 0.3 is 5.97 Å². The monoisotopic (exact) mass is 170 g/mol. The van der Waals surface area contributed by atoms with Crippen LogP contribution in [0.25, 0.3) is 0 Å². The van der Waals surface area contributed by atoms with E-state index in [2.05, 4.69) is 9.59 Å². The van der Waals surface area contributed by atoms with Crippen molar-refractivity contribution in [3.8, 4) is 0 Å². The van der Waals surface area contributed by atoms with Crippen molar-refractivity contribution in [2.75, 3.05) is 0 Å². The van der Waals surface area contributed by atoms with Gasteiger partial charge in [0.2, 0.25) is 0 Å². The number of hydrogen-bond donors (Lipinski definition) is 1. The summed E-state index contributed by atoms with van der Waals surface area (Å²) < 4.78 is 3.62. The summed E-state index contributed by atoms with van der Waals surface area (Å²) in [6.45, 7) is 0. The first-order valence-electron chi connectivity index (χ1n) is 3.34. The molecule has 5 heteroatoms. The molecule has 0 bridgehead atoms. The molecular weight excluding hydrogens is 164 g/mol. The van der Waals surface area contributed by atoms with Crippen molar-refractivity contribution in [1.29, 1.82) is 0 Å². The Morgan fingerprint density at radius 1 is 1.64 bits per heavy atom. The molecular formula is C6H6N2O2S. The van der Waals surface area contributed by atoms with Crippen LogP contribution in [0.1, 0.15) is 34.1 Å². The van der Waals surface area contributed by atoms with E-state index in [9.17, 15) is 4.79 Å². The fourth-order valence-corrected chi connectivity index (χ4v) is 1.56. The number of carbonyl (C=O) groups is 1. The van der Waals surface area contributed by atoms with Crippen LogP contribution in [0.5, 0.6) is 0 Å². The van der Waals surface area contributed by atoms with E-state index in [1.165, 1.54) is 0 Å². The van der Waals surface area contributed by atoms with Crippen molar-refractivity contribution in [2.24, 2.45) is 0 Å². The fourth-order valence-electron chi connectivity index (χ4n) is 0.970. The predicted molar refractivity (Wildman–Crippen MR) is 38.8 cm³/mol. The molecule has 1 fully saturated rings. The van der Waals surface area contributed by atoms with Crippen molar-refractivity contribution < 1.29 is 9.90 Å². The molecule has 1 aliphatic carbocycles. The van der Waals surface area contributed by atoms with E-state index < -0.39 is 5.97 Å². The van der Waals surface area contributed by atoms with Crippen molar-refractivity contribution in [2.45, 2.75) is 18.8 Å². The lowest BCUT2D eigenvalue weighted by molar-refractivity contribution is 0.0700. The lowest BCUT2D eigenvalue weighted by atomic mass is 10.2. The molecule has 2 rings (SSSR count). The summed E-state index contributed by atoms with van der Waals surface area (Å²) in [6, 6.07) is 0. The minimum Gasteiger partial charge on any atom is -0.477 e. The molecule has 0 amide bonds. The molecule has 1 aliphatic rings. The number of nitrogens with zero attached hydrogens (tertiary/aromatic N) is 2. The van der Waals surface area contributed by atoms with E-state index in [1.54, 1.807) is 0 Å². The van der Waals surface area contributed by atoms with Gasteiger partial charge in [-0.15, -0.1) is 5.10 Å². The maximum Gasteiger partial charge on any atom is 0.349 e. The van der Waals surface area contributed by atoms with Gasteiger partial charge in [0, 0.05) is 5.92 Å². The molecule has 0 aliphatic heterocycles. The topological polar surface area (TPSA) is 63.1 Å². The van der Waals surface area contributed by atoms with Gasteiger partial charge in [0.1, 0.15) is 0 Å². The van der Waals surface area contributed by atoms with Gasteiger partial charge in [-0.3, -0.25) is 0 Å². The van der Waals surface area contributed by atoms with Crippen molar-refractivity contribution in [3.63, 3.8) is 0 Å². The number of aromatic nitrogens is 2. The van der Waals surface area contributed by atoms with Gasteiger partial charge in [-0.25, -0.2) is 4.79 Å². The van der Waals surface area contributed by atoms with Crippen LogP contribution in [0.3, 0.4) is 0 Å². The molecule has 4 nitrogen and oxygen atoms in total. The zero-order chi connectivity index (χ0) is 7.84. The number of carboxylic acids is 1. The van der Waals surface area contributed by atoms with Gasteiger partial charge in [-0.1, -0.05) is 4.49 Å². The third-order valence-electron chi connectivity index (χ3n) is 1.67. The second-order valence-corrected chi connectivity index (χ2v) is 3.32. The molecule has 58 valence electrons. The standard InChI is InChI=1S/C6H6N2O2S/c9-6(10)5-4(3-1-2-3)7-8-11-5/h3H,1-2H2,(H,9,10). The van der Waals surface area contributed by atoms with E-state index in [4.69, 9.17) is 5.11 Å². The molecule has 0 aromatic carbocycles. The fraction of sp³-hybridized carbons (Fsp3) is 0.500. The van der Waals surface area contributed by atoms with Crippen LogP contribution in [-0.2, 0) is 0 Å². The van der Waals surface area contributed by atoms with E-state index in [1.807, 2.05) is 0 Å². The van der Waals surface area contributed by atoms with E-state index >= 15 is 0 Å². The van der Waals surface area contributed by atoms with Gasteiger partial charge < -0.3 is 5.11 Å². The highest BCUT2D eigenvalue weighted by Crippen LogP contribution is 2.41. The number of hydrogen-bond acceptors (Lipinski definition) is 4. The average Bonchev–Trinajstić information content (AvgIpc) is 2.68. The predicted octanol–water partition coefficient (Wildman–Crippen LogP) is 1.11. The van der Waals surface area contributed by atoms with Crippen LogP contribution in [0.4, 0.5) is 0 Å². The van der Waals surface area contributed by atoms with Gasteiger partial charge in [-0.2, -0.15) is 0 Å². The SMILES string of the molecule is O=C(O)c1snnc1C1CC1.